The molecule has 1 heterocycles. The quantitative estimate of drug-likeness (QED) is 0.486. The number of rotatable bonds is 0. The molecule has 0 fully saturated rings. The average Bonchev–Trinajstić information content (AvgIpc) is 1.87. The summed E-state index contributed by atoms with van der Waals surface area (Å²) in [5.74, 6) is 0. The molecule has 0 bridgehead atoms. The van der Waals surface area contributed by atoms with E-state index in [2.05, 4.69) is 0 Å². The third-order valence-electron chi connectivity index (χ3n) is 0.807. The molecule has 0 saturated heterocycles. The van der Waals surface area contributed by atoms with Crippen LogP contribution in [0.3, 0.4) is 0 Å². The number of aryl methyl sites for hydroxylation is 1. The lowest BCUT2D eigenvalue weighted by atomic mass is 10.4. The molecular formula is C5H6ClN. The molecule has 0 N–H and O–H groups in total. The maximum Gasteiger partial charge on any atom is 0.0242 e. The predicted octanol–water partition coefficient (Wildman–Crippen LogP) is 1.80. The molecule has 2 heteroatoms. The molecule has 38 valence electrons. The Labute approximate surface area is 47.6 Å². The summed E-state index contributed by atoms with van der Waals surface area (Å²) in [4.78, 5) is 0. The van der Waals surface area contributed by atoms with Crippen LogP contribution in [0.4, 0.5) is 0 Å². The van der Waals surface area contributed by atoms with E-state index in [4.69, 9.17) is 11.8 Å². The van der Waals surface area contributed by atoms with Gasteiger partial charge < -0.3 is 0 Å². The van der Waals surface area contributed by atoms with Gasteiger partial charge in [0.05, 0.1) is 0 Å². The number of aromatic nitrogens is 1. The third-order valence-corrected chi connectivity index (χ3v) is 1.02. The van der Waals surface area contributed by atoms with E-state index in [-0.39, 0.29) is 0 Å². The summed E-state index contributed by atoms with van der Waals surface area (Å²) in [6, 6.07) is 1.95. The number of halogens is 1. The van der Waals surface area contributed by atoms with Crippen LogP contribution in [0.1, 0.15) is 5.56 Å². The van der Waals surface area contributed by atoms with Crippen molar-refractivity contribution in [3.63, 3.8) is 0 Å². The summed E-state index contributed by atoms with van der Waals surface area (Å²) in [6.07, 6.45) is 3.65. The largest absolute Gasteiger partial charge is 0.268 e. The van der Waals surface area contributed by atoms with Gasteiger partial charge in [0.1, 0.15) is 0 Å². The molecule has 0 radical (unpaired) electrons. The van der Waals surface area contributed by atoms with E-state index in [0.717, 1.165) is 0 Å². The van der Waals surface area contributed by atoms with Crippen LogP contribution in [0, 0.1) is 6.92 Å². The first-order valence-electron chi connectivity index (χ1n) is 2.10. The molecule has 1 aromatic rings. The molecule has 1 nitrogen and oxygen atoms in total. The molecule has 1 rings (SSSR count). The Morgan fingerprint density at radius 2 is 2.43 bits per heavy atom. The van der Waals surface area contributed by atoms with Crippen molar-refractivity contribution in [2.45, 2.75) is 6.92 Å². The van der Waals surface area contributed by atoms with Gasteiger partial charge in [-0.1, -0.05) is 0 Å². The fraction of sp³-hybridized carbons (Fsp3) is 0.200. The van der Waals surface area contributed by atoms with Gasteiger partial charge >= 0.3 is 0 Å². The minimum atomic E-state index is 1.19. The summed E-state index contributed by atoms with van der Waals surface area (Å²) in [5, 5.41) is 0. The SMILES string of the molecule is Cc1ccn(Cl)c1. The second kappa shape index (κ2) is 1.58. The first-order valence-corrected chi connectivity index (χ1v) is 2.43. The van der Waals surface area contributed by atoms with Crippen molar-refractivity contribution >= 4 is 11.8 Å². The zero-order valence-corrected chi connectivity index (χ0v) is 4.81. The summed E-state index contributed by atoms with van der Waals surface area (Å²) >= 11 is 5.48. The molecule has 0 amide bonds. The molecule has 0 aliphatic rings. The molecule has 0 spiro atoms. The highest BCUT2D eigenvalue weighted by Gasteiger charge is 1.82. The Bertz CT molecular complexity index is 140. The van der Waals surface area contributed by atoms with E-state index >= 15 is 0 Å². The highest BCUT2D eigenvalue weighted by Crippen LogP contribution is 1.98. The summed E-state index contributed by atoms with van der Waals surface area (Å²) in [6.45, 7) is 2.00. The van der Waals surface area contributed by atoms with Gasteiger partial charge in [-0.25, -0.2) is 0 Å². The lowest BCUT2D eigenvalue weighted by Gasteiger charge is -1.76. The van der Waals surface area contributed by atoms with Gasteiger partial charge in [-0.2, -0.15) is 0 Å². The predicted molar refractivity (Wildman–Crippen MR) is 30.4 cm³/mol. The Morgan fingerprint density at radius 1 is 1.71 bits per heavy atom. The molecule has 0 aliphatic carbocycles. The summed E-state index contributed by atoms with van der Waals surface area (Å²) < 4.78 is 1.51. The van der Waals surface area contributed by atoms with Crippen LogP contribution in [-0.4, -0.2) is 4.09 Å². The molecule has 0 saturated carbocycles. The van der Waals surface area contributed by atoms with Crippen molar-refractivity contribution in [3.8, 4) is 0 Å². The van der Waals surface area contributed by atoms with Gasteiger partial charge in [0.25, 0.3) is 0 Å². The van der Waals surface area contributed by atoms with Crippen LogP contribution in [-0.2, 0) is 0 Å². The van der Waals surface area contributed by atoms with Gasteiger partial charge in [-0.15, -0.1) is 0 Å². The second-order valence-electron chi connectivity index (χ2n) is 1.53. The first kappa shape index (κ1) is 4.72. The Hall–Kier alpha value is -0.430. The monoisotopic (exact) mass is 115 g/mol. The first-order chi connectivity index (χ1) is 3.29. The molecule has 0 atom stereocenters. The van der Waals surface area contributed by atoms with Crippen LogP contribution < -0.4 is 0 Å². The van der Waals surface area contributed by atoms with Gasteiger partial charge in [0.15, 0.2) is 0 Å². The number of hydrogen-bond donors (Lipinski definition) is 0. The molecular weight excluding hydrogens is 110 g/mol. The van der Waals surface area contributed by atoms with E-state index in [1.807, 2.05) is 19.2 Å². The molecule has 7 heavy (non-hydrogen) atoms. The second-order valence-corrected chi connectivity index (χ2v) is 1.92. The topological polar surface area (TPSA) is 4.93 Å². The zero-order chi connectivity index (χ0) is 5.28. The molecule has 0 aliphatic heterocycles. The van der Waals surface area contributed by atoms with E-state index in [1.165, 1.54) is 9.65 Å². The highest BCUT2D eigenvalue weighted by atomic mass is 35.5. The van der Waals surface area contributed by atoms with Crippen LogP contribution in [0.25, 0.3) is 0 Å². The van der Waals surface area contributed by atoms with Gasteiger partial charge in [0.2, 0.25) is 0 Å². The Kier molecular flexibility index (Phi) is 1.07. The van der Waals surface area contributed by atoms with Crippen molar-refractivity contribution in [1.29, 1.82) is 0 Å². The van der Waals surface area contributed by atoms with Crippen molar-refractivity contribution in [3.05, 3.63) is 24.0 Å². The van der Waals surface area contributed by atoms with Crippen molar-refractivity contribution < 1.29 is 0 Å². The van der Waals surface area contributed by atoms with Gasteiger partial charge in [-0.05, 0) is 18.6 Å². The van der Waals surface area contributed by atoms with Crippen molar-refractivity contribution in [1.82, 2.24) is 4.09 Å². The van der Waals surface area contributed by atoms with Gasteiger partial charge in [0, 0.05) is 24.2 Å². The minimum absolute atomic E-state index is 1.19. The maximum atomic E-state index is 5.48. The highest BCUT2D eigenvalue weighted by molar-refractivity contribution is 6.15. The lowest BCUT2D eigenvalue weighted by molar-refractivity contribution is 1.25. The average molecular weight is 116 g/mol. The lowest BCUT2D eigenvalue weighted by Crippen LogP contribution is -1.65. The fourth-order valence-electron chi connectivity index (χ4n) is 0.469. The summed E-state index contributed by atoms with van der Waals surface area (Å²) in [5.41, 5.74) is 1.19. The van der Waals surface area contributed by atoms with Crippen LogP contribution in [0.15, 0.2) is 18.5 Å². The molecule has 0 unspecified atom stereocenters. The zero-order valence-electron chi connectivity index (χ0n) is 4.06. The maximum absolute atomic E-state index is 5.48. The molecule has 1 aromatic heterocycles. The fourth-order valence-corrected chi connectivity index (χ4v) is 0.680. The van der Waals surface area contributed by atoms with E-state index in [1.54, 1.807) is 6.20 Å². The smallest absolute Gasteiger partial charge is 0.0242 e. The Morgan fingerprint density at radius 3 is 2.57 bits per heavy atom. The van der Waals surface area contributed by atoms with E-state index in [0.29, 0.717) is 0 Å². The van der Waals surface area contributed by atoms with E-state index in [9.17, 15) is 0 Å². The molecule has 0 aromatic carbocycles. The van der Waals surface area contributed by atoms with E-state index < -0.39 is 0 Å². The van der Waals surface area contributed by atoms with Crippen molar-refractivity contribution in [2.75, 3.05) is 0 Å². The van der Waals surface area contributed by atoms with Crippen molar-refractivity contribution in [2.24, 2.45) is 0 Å². The normalized spacial score (nSPS) is 9.43. The minimum Gasteiger partial charge on any atom is -0.268 e. The van der Waals surface area contributed by atoms with Crippen LogP contribution >= 0.6 is 11.8 Å². The Balaban J connectivity index is 3.04. The number of hydrogen-bond acceptors (Lipinski definition) is 0. The van der Waals surface area contributed by atoms with Crippen LogP contribution in [0.2, 0.25) is 0 Å². The summed E-state index contributed by atoms with van der Waals surface area (Å²) in [7, 11) is 0. The third kappa shape index (κ3) is 0.967. The standard InChI is InChI=1S/C5H6ClN/c1-5-2-3-7(6)4-5/h2-4H,1H3. The van der Waals surface area contributed by atoms with Gasteiger partial charge in [-0.3, -0.25) is 4.09 Å². The van der Waals surface area contributed by atoms with Crippen LogP contribution in [0.5, 0.6) is 0 Å². The number of nitrogens with zero attached hydrogens (tertiary/aromatic N) is 1.